The van der Waals surface area contributed by atoms with Gasteiger partial charge in [-0.1, -0.05) is 25.0 Å². The minimum absolute atomic E-state index is 0.102. The van der Waals surface area contributed by atoms with E-state index in [1.54, 1.807) is 0 Å². The molecule has 1 saturated heterocycles. The van der Waals surface area contributed by atoms with E-state index in [0.29, 0.717) is 6.04 Å². The summed E-state index contributed by atoms with van der Waals surface area (Å²) in [5.41, 5.74) is 0. The van der Waals surface area contributed by atoms with Crippen molar-refractivity contribution in [2.24, 2.45) is 23.7 Å². The molecule has 0 unspecified atom stereocenters. The molecule has 1 aliphatic heterocycles. The van der Waals surface area contributed by atoms with Crippen molar-refractivity contribution in [1.29, 1.82) is 0 Å². The van der Waals surface area contributed by atoms with Crippen molar-refractivity contribution in [1.82, 2.24) is 10.2 Å². The maximum Gasteiger partial charge on any atom is 0.227 e. The Morgan fingerprint density at radius 3 is 2.23 bits per heavy atom. The minimum atomic E-state index is -0.122. The van der Waals surface area contributed by atoms with Gasteiger partial charge in [0.2, 0.25) is 11.8 Å². The van der Waals surface area contributed by atoms with E-state index >= 15 is 0 Å². The van der Waals surface area contributed by atoms with Crippen LogP contribution in [0.15, 0.2) is 12.2 Å². The van der Waals surface area contributed by atoms with Crippen LogP contribution in [-0.2, 0) is 9.59 Å². The van der Waals surface area contributed by atoms with Crippen LogP contribution in [0.1, 0.15) is 44.9 Å². The Hall–Kier alpha value is -1.32. The van der Waals surface area contributed by atoms with Crippen LogP contribution in [0.5, 0.6) is 0 Å². The van der Waals surface area contributed by atoms with E-state index in [1.165, 1.54) is 12.8 Å². The van der Waals surface area contributed by atoms with Gasteiger partial charge in [0.25, 0.3) is 0 Å². The monoisotopic (exact) mass is 302 g/mol. The highest BCUT2D eigenvalue weighted by atomic mass is 16.2. The fraction of sp³-hybridized carbons (Fsp3) is 0.778. The van der Waals surface area contributed by atoms with E-state index in [2.05, 4.69) is 17.5 Å². The molecule has 0 aromatic carbocycles. The van der Waals surface area contributed by atoms with Crippen LogP contribution >= 0.6 is 0 Å². The van der Waals surface area contributed by atoms with Gasteiger partial charge >= 0.3 is 0 Å². The largest absolute Gasteiger partial charge is 0.353 e. The molecule has 1 heterocycles. The first-order chi connectivity index (χ1) is 10.7. The molecule has 4 nitrogen and oxygen atoms in total. The molecule has 0 spiro atoms. The van der Waals surface area contributed by atoms with Crippen molar-refractivity contribution in [3.8, 4) is 0 Å². The van der Waals surface area contributed by atoms with E-state index in [0.717, 1.165) is 45.2 Å². The zero-order valence-corrected chi connectivity index (χ0v) is 13.2. The van der Waals surface area contributed by atoms with Crippen molar-refractivity contribution >= 4 is 11.8 Å². The zero-order chi connectivity index (χ0) is 15.1. The van der Waals surface area contributed by atoms with Crippen molar-refractivity contribution < 1.29 is 9.59 Å². The molecular weight excluding hydrogens is 276 g/mol. The summed E-state index contributed by atoms with van der Waals surface area (Å²) in [4.78, 5) is 27.7. The second-order valence-electron chi connectivity index (χ2n) is 7.52. The van der Waals surface area contributed by atoms with Gasteiger partial charge in [0, 0.05) is 19.1 Å². The molecule has 0 aromatic rings. The van der Waals surface area contributed by atoms with E-state index < -0.39 is 0 Å². The van der Waals surface area contributed by atoms with E-state index in [1.807, 2.05) is 4.90 Å². The first kappa shape index (κ1) is 14.3. The van der Waals surface area contributed by atoms with Gasteiger partial charge in [-0.15, -0.1) is 0 Å². The van der Waals surface area contributed by atoms with Crippen molar-refractivity contribution in [3.05, 3.63) is 12.2 Å². The first-order valence-electron chi connectivity index (χ1n) is 9.01. The summed E-state index contributed by atoms with van der Waals surface area (Å²) in [7, 11) is 0. The second kappa shape index (κ2) is 5.71. The third-order valence-corrected chi connectivity index (χ3v) is 6.17. The average Bonchev–Trinajstić information content (AvgIpc) is 3.27. The number of nitrogens with one attached hydrogen (secondary N) is 1. The van der Waals surface area contributed by atoms with Crippen LogP contribution in [0.3, 0.4) is 0 Å². The van der Waals surface area contributed by atoms with Gasteiger partial charge < -0.3 is 10.2 Å². The third-order valence-electron chi connectivity index (χ3n) is 6.17. The quantitative estimate of drug-likeness (QED) is 0.812. The zero-order valence-electron chi connectivity index (χ0n) is 13.2. The Labute approximate surface area is 132 Å². The van der Waals surface area contributed by atoms with Gasteiger partial charge in [0.15, 0.2) is 0 Å². The molecular formula is C18H26N2O2. The third kappa shape index (κ3) is 2.37. The Morgan fingerprint density at radius 1 is 0.909 bits per heavy atom. The lowest BCUT2D eigenvalue weighted by molar-refractivity contribution is -0.141. The van der Waals surface area contributed by atoms with Crippen LogP contribution in [0.2, 0.25) is 0 Å². The Morgan fingerprint density at radius 2 is 1.55 bits per heavy atom. The number of carbonyl (C=O) groups excluding carboxylic acids is 2. The second-order valence-corrected chi connectivity index (χ2v) is 7.52. The van der Waals surface area contributed by atoms with Crippen molar-refractivity contribution in [2.75, 3.05) is 13.1 Å². The normalized spacial score (nSPS) is 37.2. The lowest BCUT2D eigenvalue weighted by atomic mass is 9.81. The van der Waals surface area contributed by atoms with Crippen LogP contribution in [0.4, 0.5) is 0 Å². The minimum Gasteiger partial charge on any atom is -0.353 e. The van der Waals surface area contributed by atoms with Crippen LogP contribution in [-0.4, -0.2) is 35.8 Å². The van der Waals surface area contributed by atoms with Crippen LogP contribution in [0, 0.1) is 23.7 Å². The molecule has 0 aromatic heterocycles. The highest BCUT2D eigenvalue weighted by molar-refractivity contribution is 5.90. The summed E-state index contributed by atoms with van der Waals surface area (Å²) >= 11 is 0. The molecule has 4 heteroatoms. The summed E-state index contributed by atoms with van der Waals surface area (Å²) in [6.45, 7) is 1.76. The van der Waals surface area contributed by atoms with Gasteiger partial charge in [-0.25, -0.2) is 0 Å². The van der Waals surface area contributed by atoms with Gasteiger partial charge in [0.1, 0.15) is 0 Å². The fourth-order valence-electron chi connectivity index (χ4n) is 5.03. The molecule has 2 bridgehead atoms. The highest BCUT2D eigenvalue weighted by Gasteiger charge is 2.52. The molecule has 4 rings (SSSR count). The van der Waals surface area contributed by atoms with Gasteiger partial charge in [-0.2, -0.15) is 0 Å². The smallest absolute Gasteiger partial charge is 0.227 e. The summed E-state index contributed by atoms with van der Waals surface area (Å²) in [5.74, 6) is 0.723. The van der Waals surface area contributed by atoms with Crippen LogP contribution in [0.25, 0.3) is 0 Å². The molecule has 3 fully saturated rings. The maximum absolute atomic E-state index is 12.9. The molecule has 0 radical (unpaired) electrons. The number of carbonyl (C=O) groups is 2. The molecule has 22 heavy (non-hydrogen) atoms. The first-order valence-corrected chi connectivity index (χ1v) is 9.01. The number of hydrogen-bond donors (Lipinski definition) is 1. The van der Waals surface area contributed by atoms with E-state index in [-0.39, 0.29) is 35.5 Å². The summed E-state index contributed by atoms with van der Waals surface area (Å²) in [6, 6.07) is 0.346. The molecule has 120 valence electrons. The number of amides is 2. The number of hydrogen-bond acceptors (Lipinski definition) is 2. The summed E-state index contributed by atoms with van der Waals surface area (Å²) in [5, 5.41) is 3.24. The molecule has 1 N–H and O–H groups in total. The standard InChI is InChI=1S/C18H26N2O2/c21-17(19-14-5-1-2-6-14)15-12-7-8-13(11-12)16(15)18(22)20-9-3-4-10-20/h7-8,12-16H,1-6,9-11H2,(H,19,21)/t12-,13+,15-,16-/m0/s1. The predicted octanol–water partition coefficient (Wildman–Crippen LogP) is 2.11. The molecule has 3 aliphatic carbocycles. The number of rotatable bonds is 3. The summed E-state index contributed by atoms with van der Waals surface area (Å²) < 4.78 is 0. The Kier molecular flexibility index (Phi) is 3.71. The average molecular weight is 302 g/mol. The van der Waals surface area contributed by atoms with Gasteiger partial charge in [0.05, 0.1) is 11.8 Å². The number of likely N-dealkylation sites (tertiary alicyclic amines) is 1. The number of fused-ring (bicyclic) bond motifs is 2. The van der Waals surface area contributed by atoms with E-state index in [9.17, 15) is 9.59 Å². The predicted molar refractivity (Wildman–Crippen MR) is 83.9 cm³/mol. The maximum atomic E-state index is 12.9. The summed E-state index contributed by atoms with van der Waals surface area (Å²) in [6.07, 6.45) is 12.2. The van der Waals surface area contributed by atoms with Crippen LogP contribution < -0.4 is 5.32 Å². The van der Waals surface area contributed by atoms with Gasteiger partial charge in [-0.05, 0) is 43.9 Å². The SMILES string of the molecule is O=C(NC1CCCC1)[C@@H]1[C@@H](C(=O)N2CCCC2)[C@@H]2C=C[C@H]1C2. The molecule has 4 aliphatic rings. The van der Waals surface area contributed by atoms with E-state index in [4.69, 9.17) is 0 Å². The Balaban J connectivity index is 1.49. The topological polar surface area (TPSA) is 49.4 Å². The molecule has 4 atom stereocenters. The molecule has 2 saturated carbocycles. The lowest BCUT2D eigenvalue weighted by Crippen LogP contribution is -2.46. The fourth-order valence-corrected chi connectivity index (χ4v) is 5.03. The van der Waals surface area contributed by atoms with Crippen molar-refractivity contribution in [2.45, 2.75) is 51.0 Å². The Bertz CT molecular complexity index is 489. The number of allylic oxidation sites excluding steroid dienone is 2. The van der Waals surface area contributed by atoms with Crippen molar-refractivity contribution in [3.63, 3.8) is 0 Å². The highest BCUT2D eigenvalue weighted by Crippen LogP contribution is 2.49. The number of nitrogens with zero attached hydrogens (tertiary/aromatic N) is 1. The lowest BCUT2D eigenvalue weighted by Gasteiger charge is -2.30. The molecule has 2 amide bonds. The van der Waals surface area contributed by atoms with Gasteiger partial charge in [-0.3, -0.25) is 9.59 Å².